The van der Waals surface area contributed by atoms with Gasteiger partial charge in [-0.15, -0.1) is 0 Å². The van der Waals surface area contributed by atoms with Gasteiger partial charge in [0, 0.05) is 6.04 Å². The van der Waals surface area contributed by atoms with Gasteiger partial charge in [0.1, 0.15) is 0 Å². The fraction of sp³-hybridized carbons (Fsp3) is 0.909. The van der Waals surface area contributed by atoms with Gasteiger partial charge in [-0.3, -0.25) is 0 Å². The molecule has 0 heterocycles. The van der Waals surface area contributed by atoms with Gasteiger partial charge in [-0.1, -0.05) is 32.6 Å². The third-order valence-corrected chi connectivity index (χ3v) is 2.22. The summed E-state index contributed by atoms with van der Waals surface area (Å²) in [6.45, 7) is 2.30. The van der Waals surface area contributed by atoms with E-state index in [0.29, 0.717) is 0 Å². The minimum absolute atomic E-state index is 0.160. The summed E-state index contributed by atoms with van der Waals surface area (Å²) in [7, 11) is 0. The van der Waals surface area contributed by atoms with Crippen molar-refractivity contribution in [3.8, 4) is 0 Å². The average molecular weight is 255 g/mol. The molecule has 1 N–H and O–H groups in total. The number of amides is 1. The lowest BCUT2D eigenvalue weighted by Gasteiger charge is -2.14. The van der Waals surface area contributed by atoms with Crippen molar-refractivity contribution in [3.05, 3.63) is 0 Å². The van der Waals surface area contributed by atoms with E-state index in [9.17, 15) is 18.0 Å². The molecule has 0 saturated heterocycles. The molecule has 0 radical (unpaired) electrons. The standard InChI is InChI=1S/C11H20F3NO2/c1-3-4-5-6-7-9(2)15-10(16)17-8-11(12,13)14/h9H,3-8H2,1-2H3,(H,15,16). The molecule has 0 bridgehead atoms. The zero-order chi connectivity index (χ0) is 13.3. The number of ether oxygens (including phenoxy) is 1. The Labute approximate surface area is 99.7 Å². The van der Waals surface area contributed by atoms with Gasteiger partial charge in [0.2, 0.25) is 0 Å². The van der Waals surface area contributed by atoms with Crippen LogP contribution in [0.5, 0.6) is 0 Å². The van der Waals surface area contributed by atoms with Crippen molar-refractivity contribution in [1.82, 2.24) is 5.32 Å². The first-order chi connectivity index (χ1) is 7.85. The van der Waals surface area contributed by atoms with E-state index in [2.05, 4.69) is 17.0 Å². The average Bonchev–Trinajstić information content (AvgIpc) is 2.21. The number of halogens is 3. The molecule has 0 fully saturated rings. The van der Waals surface area contributed by atoms with E-state index < -0.39 is 18.9 Å². The van der Waals surface area contributed by atoms with Crippen LogP contribution in [-0.2, 0) is 4.74 Å². The van der Waals surface area contributed by atoms with Gasteiger partial charge in [0.15, 0.2) is 6.61 Å². The Morgan fingerprint density at radius 2 is 1.94 bits per heavy atom. The molecular formula is C11H20F3NO2. The largest absolute Gasteiger partial charge is 0.440 e. The van der Waals surface area contributed by atoms with E-state index in [1.807, 2.05) is 0 Å². The van der Waals surface area contributed by atoms with Crippen LogP contribution in [0.3, 0.4) is 0 Å². The summed E-state index contributed by atoms with van der Waals surface area (Å²) in [6.07, 6.45) is -0.455. The molecule has 0 aliphatic heterocycles. The van der Waals surface area contributed by atoms with Crippen LogP contribution in [0, 0.1) is 0 Å². The van der Waals surface area contributed by atoms with Crippen LogP contribution >= 0.6 is 0 Å². The second-order valence-electron chi connectivity index (χ2n) is 4.09. The van der Waals surface area contributed by atoms with E-state index >= 15 is 0 Å². The maximum atomic E-state index is 11.7. The molecule has 0 aliphatic carbocycles. The van der Waals surface area contributed by atoms with E-state index in [4.69, 9.17) is 0 Å². The highest BCUT2D eigenvalue weighted by Gasteiger charge is 2.29. The highest BCUT2D eigenvalue weighted by molar-refractivity contribution is 5.67. The summed E-state index contributed by atoms with van der Waals surface area (Å²) in [5, 5.41) is 2.37. The van der Waals surface area contributed by atoms with E-state index in [0.717, 1.165) is 32.1 Å². The Morgan fingerprint density at radius 3 is 2.47 bits per heavy atom. The molecule has 102 valence electrons. The first-order valence-corrected chi connectivity index (χ1v) is 5.85. The molecule has 0 aromatic heterocycles. The maximum Gasteiger partial charge on any atom is 0.422 e. The molecule has 1 atom stereocenters. The van der Waals surface area contributed by atoms with Crippen molar-refractivity contribution in [2.45, 2.75) is 58.2 Å². The topological polar surface area (TPSA) is 38.3 Å². The van der Waals surface area contributed by atoms with E-state index in [1.54, 1.807) is 6.92 Å². The number of carbonyl (C=O) groups is 1. The molecule has 6 heteroatoms. The fourth-order valence-corrected chi connectivity index (χ4v) is 1.34. The Hall–Kier alpha value is -0.940. The molecule has 0 rings (SSSR count). The zero-order valence-electron chi connectivity index (χ0n) is 10.3. The van der Waals surface area contributed by atoms with Crippen LogP contribution in [-0.4, -0.2) is 24.9 Å². The third-order valence-electron chi connectivity index (χ3n) is 2.22. The second kappa shape index (κ2) is 8.20. The smallest absolute Gasteiger partial charge is 0.422 e. The van der Waals surface area contributed by atoms with Crippen molar-refractivity contribution in [1.29, 1.82) is 0 Å². The van der Waals surface area contributed by atoms with Gasteiger partial charge in [0.25, 0.3) is 0 Å². The number of rotatable bonds is 7. The maximum absolute atomic E-state index is 11.7. The zero-order valence-corrected chi connectivity index (χ0v) is 10.3. The van der Waals surface area contributed by atoms with E-state index in [-0.39, 0.29) is 6.04 Å². The quantitative estimate of drug-likeness (QED) is 0.705. The molecule has 1 amide bonds. The fourth-order valence-electron chi connectivity index (χ4n) is 1.34. The van der Waals surface area contributed by atoms with Crippen LogP contribution in [0.4, 0.5) is 18.0 Å². The second-order valence-corrected chi connectivity index (χ2v) is 4.09. The highest BCUT2D eigenvalue weighted by Crippen LogP contribution is 2.14. The Kier molecular flexibility index (Phi) is 7.74. The predicted octanol–water partition coefficient (Wildman–Crippen LogP) is 3.63. The first-order valence-electron chi connectivity index (χ1n) is 5.85. The molecule has 0 spiro atoms. The number of alkyl halides is 3. The lowest BCUT2D eigenvalue weighted by Crippen LogP contribution is -2.35. The molecule has 0 saturated carbocycles. The number of unbranched alkanes of at least 4 members (excludes halogenated alkanes) is 3. The van der Waals surface area contributed by atoms with Crippen molar-refractivity contribution in [2.75, 3.05) is 6.61 Å². The first kappa shape index (κ1) is 16.1. The number of hydrogen-bond donors (Lipinski definition) is 1. The van der Waals surface area contributed by atoms with E-state index in [1.165, 1.54) is 0 Å². The lowest BCUT2D eigenvalue weighted by atomic mass is 10.1. The molecule has 0 aromatic rings. The van der Waals surface area contributed by atoms with Crippen molar-refractivity contribution in [2.24, 2.45) is 0 Å². The summed E-state index contributed by atoms with van der Waals surface area (Å²) in [6, 6.07) is -0.160. The SMILES string of the molecule is CCCCCCC(C)NC(=O)OCC(F)(F)F. The Bertz CT molecular complexity index is 219. The van der Waals surface area contributed by atoms with Gasteiger partial charge < -0.3 is 10.1 Å². The highest BCUT2D eigenvalue weighted by atomic mass is 19.4. The van der Waals surface area contributed by atoms with Crippen LogP contribution in [0.15, 0.2) is 0 Å². The summed E-state index contributed by atoms with van der Waals surface area (Å²) in [4.78, 5) is 11.0. The van der Waals surface area contributed by atoms with Crippen molar-refractivity contribution in [3.63, 3.8) is 0 Å². The predicted molar refractivity (Wildman–Crippen MR) is 58.8 cm³/mol. The molecular weight excluding hydrogens is 235 g/mol. The molecule has 1 unspecified atom stereocenters. The van der Waals surface area contributed by atoms with Crippen LogP contribution in [0.2, 0.25) is 0 Å². The monoisotopic (exact) mass is 255 g/mol. The van der Waals surface area contributed by atoms with Crippen molar-refractivity contribution < 1.29 is 22.7 Å². The van der Waals surface area contributed by atoms with Gasteiger partial charge in [-0.2, -0.15) is 13.2 Å². The Morgan fingerprint density at radius 1 is 1.29 bits per heavy atom. The molecule has 0 aliphatic rings. The molecule has 17 heavy (non-hydrogen) atoms. The van der Waals surface area contributed by atoms with Crippen molar-refractivity contribution >= 4 is 6.09 Å². The minimum Gasteiger partial charge on any atom is -0.440 e. The Balaban J connectivity index is 3.59. The summed E-state index contributed by atoms with van der Waals surface area (Å²) in [5.74, 6) is 0. The summed E-state index contributed by atoms with van der Waals surface area (Å²) < 4.78 is 39.2. The lowest BCUT2D eigenvalue weighted by molar-refractivity contribution is -0.160. The number of carbonyl (C=O) groups excluding carboxylic acids is 1. The van der Waals surface area contributed by atoms with Gasteiger partial charge >= 0.3 is 12.3 Å². The third kappa shape index (κ3) is 11.3. The van der Waals surface area contributed by atoms with Crippen LogP contribution < -0.4 is 5.32 Å². The van der Waals surface area contributed by atoms with Crippen LogP contribution in [0.25, 0.3) is 0 Å². The number of alkyl carbamates (subject to hydrolysis) is 1. The number of nitrogens with one attached hydrogen (secondary N) is 1. The molecule has 0 aromatic carbocycles. The van der Waals surface area contributed by atoms with Crippen LogP contribution in [0.1, 0.15) is 46.0 Å². The van der Waals surface area contributed by atoms with Gasteiger partial charge in [-0.05, 0) is 13.3 Å². The van der Waals surface area contributed by atoms with Gasteiger partial charge in [-0.25, -0.2) is 4.79 Å². The van der Waals surface area contributed by atoms with Gasteiger partial charge in [0.05, 0.1) is 0 Å². The summed E-state index contributed by atoms with van der Waals surface area (Å²) in [5.41, 5.74) is 0. The molecule has 3 nitrogen and oxygen atoms in total. The normalized spacial score (nSPS) is 13.2. The number of hydrogen-bond acceptors (Lipinski definition) is 2. The summed E-state index contributed by atoms with van der Waals surface area (Å²) >= 11 is 0. The minimum atomic E-state index is -4.47.